The fraction of sp³-hybridized carbons (Fsp3) is 0. The molecule has 0 N–H and O–H groups in total. The maximum absolute atomic E-state index is 5.11. The van der Waals surface area contributed by atoms with Gasteiger partial charge in [-0.1, -0.05) is 152 Å². The highest BCUT2D eigenvalue weighted by Gasteiger charge is 2.19. The molecule has 0 unspecified atom stereocenters. The quantitative estimate of drug-likeness (QED) is 0.141. The summed E-state index contributed by atoms with van der Waals surface area (Å²) in [6.07, 6.45) is 3.56. The summed E-state index contributed by atoms with van der Waals surface area (Å²) in [6, 6.07) is 61.8. The number of hydrogen-bond acceptors (Lipinski definition) is 9. The third kappa shape index (κ3) is 7.54. The lowest BCUT2D eigenvalue weighted by Gasteiger charge is -2.14. The van der Waals surface area contributed by atoms with Gasteiger partial charge in [0.2, 0.25) is 0 Å². The molecule has 9 nitrogen and oxygen atoms in total. The SMILES string of the molecule is c1ccc(-c2nc(-c3ccccc3)nc(-c3ccc(-c4cc(-c5ccccc5-c5nc(-c6ccccc6)nc(-c6ccccc6)n5)cc(-c5ccccn5)n4)nc3)n2)cc1. The van der Waals surface area contributed by atoms with Crippen LogP contribution in [0.15, 0.2) is 200 Å². The van der Waals surface area contributed by atoms with E-state index in [1.807, 2.05) is 170 Å². The van der Waals surface area contributed by atoms with E-state index >= 15 is 0 Å². The van der Waals surface area contributed by atoms with Crippen LogP contribution in [-0.4, -0.2) is 44.9 Å². The van der Waals surface area contributed by atoms with Crippen molar-refractivity contribution in [1.29, 1.82) is 0 Å². The second kappa shape index (κ2) is 16.2. The molecule has 0 aliphatic carbocycles. The van der Waals surface area contributed by atoms with Crippen LogP contribution < -0.4 is 0 Å². The minimum atomic E-state index is 0.522. The van der Waals surface area contributed by atoms with Crippen molar-refractivity contribution >= 4 is 0 Å². The van der Waals surface area contributed by atoms with Crippen molar-refractivity contribution in [2.75, 3.05) is 0 Å². The van der Waals surface area contributed by atoms with Crippen LogP contribution in [0.1, 0.15) is 0 Å². The molecule has 5 aromatic heterocycles. The zero-order chi connectivity index (χ0) is 40.1. The van der Waals surface area contributed by atoms with Crippen LogP contribution in [-0.2, 0) is 0 Å². The van der Waals surface area contributed by atoms with Crippen LogP contribution in [0.4, 0.5) is 0 Å². The van der Waals surface area contributed by atoms with Crippen LogP contribution in [0.5, 0.6) is 0 Å². The predicted octanol–water partition coefficient (Wildman–Crippen LogP) is 11.2. The van der Waals surface area contributed by atoms with Gasteiger partial charge in [0.1, 0.15) is 0 Å². The average molecular weight is 772 g/mol. The average Bonchev–Trinajstić information content (AvgIpc) is 3.35. The molecule has 0 aliphatic rings. The molecular weight excluding hydrogens is 739 g/mol. The molecule has 0 radical (unpaired) electrons. The summed E-state index contributed by atoms with van der Waals surface area (Å²) in [7, 11) is 0. The molecule has 5 aromatic carbocycles. The Bertz CT molecular complexity index is 2940. The first kappa shape index (κ1) is 35.9. The Morgan fingerprint density at radius 3 is 1.07 bits per heavy atom. The van der Waals surface area contributed by atoms with Gasteiger partial charge in [0, 0.05) is 45.8 Å². The van der Waals surface area contributed by atoms with Gasteiger partial charge in [-0.2, -0.15) is 0 Å². The minimum absolute atomic E-state index is 0.522. The molecule has 0 saturated heterocycles. The van der Waals surface area contributed by atoms with Crippen molar-refractivity contribution in [1.82, 2.24) is 44.9 Å². The third-order valence-corrected chi connectivity index (χ3v) is 9.91. The summed E-state index contributed by atoms with van der Waals surface area (Å²) in [5.74, 6) is 3.43. The topological polar surface area (TPSA) is 116 Å². The van der Waals surface area contributed by atoms with E-state index in [9.17, 15) is 0 Å². The van der Waals surface area contributed by atoms with Crippen LogP contribution in [0.25, 0.3) is 102 Å². The molecule has 0 spiro atoms. The number of aromatic nitrogens is 9. The van der Waals surface area contributed by atoms with Gasteiger partial charge in [-0.05, 0) is 47.5 Å². The summed E-state index contributed by atoms with van der Waals surface area (Å²) < 4.78 is 0. The van der Waals surface area contributed by atoms with E-state index < -0.39 is 0 Å². The summed E-state index contributed by atoms with van der Waals surface area (Å²) in [4.78, 5) is 44.4. The van der Waals surface area contributed by atoms with Crippen molar-refractivity contribution in [3.05, 3.63) is 200 Å². The fourth-order valence-electron chi connectivity index (χ4n) is 6.94. The summed E-state index contributed by atoms with van der Waals surface area (Å²) in [6.45, 7) is 0. The van der Waals surface area contributed by atoms with E-state index in [1.54, 1.807) is 12.4 Å². The Labute approximate surface area is 346 Å². The first-order valence-corrected chi connectivity index (χ1v) is 19.5. The summed E-state index contributed by atoms with van der Waals surface area (Å²) in [5, 5.41) is 0. The number of pyridine rings is 3. The standard InChI is InChI=1S/C51H33N9/c1-5-17-34(18-6-1)46-55-47(35-19-7-2-8-20-35)58-50(57-46)38-28-29-43(53-33-38)45-32-39(31-44(54-45)42-27-15-16-30-52-42)40-25-13-14-26-41(40)51-59-48(36-21-9-3-10-22-36)56-49(60-51)37-23-11-4-12-24-37/h1-33H. The van der Waals surface area contributed by atoms with Gasteiger partial charge in [0.05, 0.1) is 22.8 Å². The molecule has 9 heteroatoms. The van der Waals surface area contributed by atoms with Crippen molar-refractivity contribution in [2.45, 2.75) is 0 Å². The second-order valence-corrected chi connectivity index (χ2v) is 13.9. The molecular formula is C51H33N9. The predicted molar refractivity (Wildman–Crippen MR) is 236 cm³/mol. The molecule has 0 aliphatic heterocycles. The molecule has 0 atom stereocenters. The van der Waals surface area contributed by atoms with Crippen LogP contribution in [0.2, 0.25) is 0 Å². The maximum Gasteiger partial charge on any atom is 0.165 e. The number of benzene rings is 5. The molecule has 0 saturated carbocycles. The Hall–Kier alpha value is -8.43. The fourth-order valence-corrected chi connectivity index (χ4v) is 6.94. The Morgan fingerprint density at radius 2 is 0.633 bits per heavy atom. The molecule has 0 amide bonds. The first-order chi connectivity index (χ1) is 29.7. The van der Waals surface area contributed by atoms with Gasteiger partial charge in [-0.3, -0.25) is 9.97 Å². The van der Waals surface area contributed by atoms with E-state index in [1.165, 1.54) is 0 Å². The van der Waals surface area contributed by atoms with Crippen molar-refractivity contribution in [3.63, 3.8) is 0 Å². The first-order valence-electron chi connectivity index (χ1n) is 19.5. The van der Waals surface area contributed by atoms with E-state index in [4.69, 9.17) is 39.9 Å². The lowest BCUT2D eigenvalue weighted by molar-refractivity contribution is 1.07. The van der Waals surface area contributed by atoms with Gasteiger partial charge >= 0.3 is 0 Å². The van der Waals surface area contributed by atoms with E-state index in [0.29, 0.717) is 52.0 Å². The zero-order valence-electron chi connectivity index (χ0n) is 32.1. The molecule has 0 bridgehead atoms. The van der Waals surface area contributed by atoms with Crippen LogP contribution in [0.3, 0.4) is 0 Å². The van der Waals surface area contributed by atoms with Gasteiger partial charge < -0.3 is 0 Å². The zero-order valence-corrected chi connectivity index (χ0v) is 32.1. The Kier molecular flexibility index (Phi) is 9.71. The molecule has 60 heavy (non-hydrogen) atoms. The van der Waals surface area contributed by atoms with Gasteiger partial charge in [0.15, 0.2) is 34.9 Å². The highest BCUT2D eigenvalue weighted by Crippen LogP contribution is 2.36. The summed E-state index contributed by atoms with van der Waals surface area (Å²) in [5.41, 5.74) is 9.81. The van der Waals surface area contributed by atoms with Crippen molar-refractivity contribution in [3.8, 4) is 102 Å². The monoisotopic (exact) mass is 771 g/mol. The van der Waals surface area contributed by atoms with Gasteiger partial charge in [-0.25, -0.2) is 34.9 Å². The molecule has 10 rings (SSSR count). The van der Waals surface area contributed by atoms with E-state index in [2.05, 4.69) is 23.2 Å². The Balaban J connectivity index is 1.09. The summed E-state index contributed by atoms with van der Waals surface area (Å²) >= 11 is 0. The smallest absolute Gasteiger partial charge is 0.165 e. The normalized spacial score (nSPS) is 11.0. The molecule has 0 fully saturated rings. The van der Waals surface area contributed by atoms with Gasteiger partial charge in [-0.15, -0.1) is 0 Å². The largest absolute Gasteiger partial charge is 0.255 e. The number of rotatable bonds is 9. The molecule has 5 heterocycles. The molecule has 282 valence electrons. The minimum Gasteiger partial charge on any atom is -0.255 e. The van der Waals surface area contributed by atoms with Crippen LogP contribution >= 0.6 is 0 Å². The lowest BCUT2D eigenvalue weighted by atomic mass is 9.97. The maximum atomic E-state index is 5.11. The Morgan fingerprint density at radius 1 is 0.233 bits per heavy atom. The van der Waals surface area contributed by atoms with E-state index in [0.717, 1.165) is 50.2 Å². The highest BCUT2D eigenvalue weighted by atomic mass is 15.0. The van der Waals surface area contributed by atoms with Crippen molar-refractivity contribution < 1.29 is 0 Å². The highest BCUT2D eigenvalue weighted by molar-refractivity contribution is 5.85. The van der Waals surface area contributed by atoms with E-state index in [-0.39, 0.29) is 0 Å². The van der Waals surface area contributed by atoms with Crippen LogP contribution in [0, 0.1) is 0 Å². The number of nitrogens with zero attached hydrogens (tertiary/aromatic N) is 9. The third-order valence-electron chi connectivity index (χ3n) is 9.91. The number of hydrogen-bond donors (Lipinski definition) is 0. The van der Waals surface area contributed by atoms with Gasteiger partial charge in [0.25, 0.3) is 0 Å². The molecule has 10 aromatic rings. The van der Waals surface area contributed by atoms with Crippen molar-refractivity contribution in [2.24, 2.45) is 0 Å². The lowest BCUT2D eigenvalue weighted by Crippen LogP contribution is -2.01. The second-order valence-electron chi connectivity index (χ2n) is 13.9.